The average molecular weight is 445 g/mol. The largest absolute Gasteiger partial charge is 0.484 e. The van der Waals surface area contributed by atoms with Gasteiger partial charge in [0.05, 0.1) is 16.3 Å². The Balaban J connectivity index is 1.51. The second-order valence-corrected chi connectivity index (χ2v) is 8.44. The van der Waals surface area contributed by atoms with E-state index in [0.29, 0.717) is 32.9 Å². The Morgan fingerprint density at radius 3 is 2.53 bits per heavy atom. The second kappa shape index (κ2) is 9.37. The van der Waals surface area contributed by atoms with E-state index in [1.165, 1.54) is 11.8 Å². The summed E-state index contributed by atoms with van der Waals surface area (Å²) in [6.07, 6.45) is 1.40. The van der Waals surface area contributed by atoms with Gasteiger partial charge in [0.2, 0.25) is 0 Å². The maximum absolute atomic E-state index is 11.9. The van der Waals surface area contributed by atoms with Crippen molar-refractivity contribution in [3.05, 3.63) is 76.0 Å². The first-order valence-corrected chi connectivity index (χ1v) is 10.1. The molecule has 0 atom stereocenters. The van der Waals surface area contributed by atoms with Gasteiger partial charge in [-0.15, -0.1) is 0 Å². The van der Waals surface area contributed by atoms with E-state index in [9.17, 15) is 4.79 Å². The third-order valence-corrected chi connectivity index (χ3v) is 5.13. The highest BCUT2D eigenvalue weighted by atomic mass is 35.5. The quantitative estimate of drug-likeness (QED) is 0.370. The maximum Gasteiger partial charge on any atom is 0.277 e. The molecule has 3 rings (SSSR count). The molecule has 0 fully saturated rings. The zero-order valence-corrected chi connectivity index (χ0v) is 18.4. The van der Waals surface area contributed by atoms with E-state index in [1.54, 1.807) is 30.3 Å². The summed E-state index contributed by atoms with van der Waals surface area (Å²) in [7, 11) is 0. The molecule has 0 bridgehead atoms. The molecule has 0 spiro atoms. The number of nitrogens with one attached hydrogen (secondary N) is 1. The molecule has 30 heavy (non-hydrogen) atoms. The number of halogens is 2. The van der Waals surface area contributed by atoms with Crippen molar-refractivity contribution in [2.24, 2.45) is 5.10 Å². The lowest BCUT2D eigenvalue weighted by Gasteiger charge is -2.19. The molecule has 5 nitrogen and oxygen atoms in total. The lowest BCUT2D eigenvalue weighted by molar-refractivity contribution is -0.123. The number of hydrogen-bond acceptors (Lipinski definition) is 4. The third-order valence-electron chi connectivity index (χ3n) is 4.32. The second-order valence-electron chi connectivity index (χ2n) is 7.66. The summed E-state index contributed by atoms with van der Waals surface area (Å²) in [5.41, 5.74) is 4.34. The van der Waals surface area contributed by atoms with Crippen molar-refractivity contribution < 1.29 is 13.9 Å². The molecular formula is C23H22Cl2N2O3. The van der Waals surface area contributed by atoms with Crippen LogP contribution >= 0.6 is 23.2 Å². The Kier molecular flexibility index (Phi) is 6.85. The molecule has 0 radical (unpaired) electrons. The highest BCUT2D eigenvalue weighted by molar-refractivity contribution is 6.43. The number of benzene rings is 2. The van der Waals surface area contributed by atoms with Crippen LogP contribution in [0, 0.1) is 0 Å². The van der Waals surface area contributed by atoms with Gasteiger partial charge in [-0.2, -0.15) is 5.10 Å². The van der Waals surface area contributed by atoms with Gasteiger partial charge in [-0.05, 0) is 47.4 Å². The van der Waals surface area contributed by atoms with E-state index in [1.807, 2.05) is 24.3 Å². The molecule has 0 saturated carbocycles. The maximum atomic E-state index is 11.9. The minimum Gasteiger partial charge on any atom is -0.484 e. The first-order chi connectivity index (χ1) is 14.2. The molecule has 0 saturated heterocycles. The SMILES string of the molecule is CC(C)(C)c1ccc(OCC(=O)NN=Cc2ccc(-c3cccc(Cl)c3Cl)o2)cc1. The Bertz CT molecular complexity index is 1050. The van der Waals surface area contributed by atoms with Crippen molar-refractivity contribution in [3.8, 4) is 17.1 Å². The fraction of sp³-hybridized carbons (Fsp3) is 0.217. The third kappa shape index (κ3) is 5.65. The average Bonchev–Trinajstić information content (AvgIpc) is 3.17. The minimum absolute atomic E-state index is 0.0639. The van der Waals surface area contributed by atoms with E-state index < -0.39 is 0 Å². The lowest BCUT2D eigenvalue weighted by atomic mass is 9.87. The van der Waals surface area contributed by atoms with Crippen LogP contribution in [0.15, 0.2) is 64.1 Å². The van der Waals surface area contributed by atoms with Crippen LogP contribution in [-0.4, -0.2) is 18.7 Å². The Morgan fingerprint density at radius 1 is 1.10 bits per heavy atom. The van der Waals surface area contributed by atoms with Gasteiger partial charge in [0.15, 0.2) is 6.61 Å². The summed E-state index contributed by atoms with van der Waals surface area (Å²) >= 11 is 12.2. The van der Waals surface area contributed by atoms with Crippen molar-refractivity contribution in [2.45, 2.75) is 26.2 Å². The van der Waals surface area contributed by atoms with Gasteiger partial charge >= 0.3 is 0 Å². The molecule has 2 aromatic carbocycles. The molecule has 0 aliphatic rings. The van der Waals surface area contributed by atoms with E-state index >= 15 is 0 Å². The predicted octanol–water partition coefficient (Wildman–Crippen LogP) is 6.08. The van der Waals surface area contributed by atoms with Crippen molar-refractivity contribution >= 4 is 35.3 Å². The highest BCUT2D eigenvalue weighted by Gasteiger charge is 2.13. The van der Waals surface area contributed by atoms with Gasteiger partial charge in [-0.25, -0.2) is 5.43 Å². The van der Waals surface area contributed by atoms with Crippen LogP contribution in [0.2, 0.25) is 10.0 Å². The van der Waals surface area contributed by atoms with Gasteiger partial charge in [0, 0.05) is 5.56 Å². The Labute approximate surface area is 185 Å². The van der Waals surface area contributed by atoms with Crippen LogP contribution in [0.1, 0.15) is 32.1 Å². The summed E-state index contributed by atoms with van der Waals surface area (Å²) in [4.78, 5) is 11.9. The summed E-state index contributed by atoms with van der Waals surface area (Å²) in [6, 6.07) is 16.5. The number of carbonyl (C=O) groups is 1. The van der Waals surface area contributed by atoms with Gasteiger partial charge in [-0.3, -0.25) is 4.79 Å². The molecule has 3 aromatic rings. The molecule has 7 heteroatoms. The van der Waals surface area contributed by atoms with Gasteiger partial charge in [0.1, 0.15) is 17.3 Å². The lowest BCUT2D eigenvalue weighted by Crippen LogP contribution is -2.24. The van der Waals surface area contributed by atoms with Crippen LogP contribution in [0.25, 0.3) is 11.3 Å². The first-order valence-electron chi connectivity index (χ1n) is 9.33. The number of carbonyl (C=O) groups excluding carboxylic acids is 1. The molecule has 0 unspecified atom stereocenters. The summed E-state index contributed by atoms with van der Waals surface area (Å²) in [6.45, 7) is 6.27. The van der Waals surface area contributed by atoms with Crippen LogP contribution in [0.5, 0.6) is 5.75 Å². The van der Waals surface area contributed by atoms with E-state index in [0.717, 1.165) is 0 Å². The zero-order chi connectivity index (χ0) is 21.7. The van der Waals surface area contributed by atoms with Crippen molar-refractivity contribution in [1.82, 2.24) is 5.43 Å². The zero-order valence-electron chi connectivity index (χ0n) is 16.9. The Morgan fingerprint density at radius 2 is 1.83 bits per heavy atom. The number of hydrogen-bond donors (Lipinski definition) is 1. The van der Waals surface area contributed by atoms with E-state index in [2.05, 4.69) is 31.3 Å². The summed E-state index contributed by atoms with van der Waals surface area (Å²) in [5.74, 6) is 1.25. The number of rotatable bonds is 6. The van der Waals surface area contributed by atoms with Crippen LogP contribution in [0.4, 0.5) is 0 Å². The van der Waals surface area contributed by atoms with Crippen LogP contribution < -0.4 is 10.2 Å². The first kappa shape index (κ1) is 21.9. The molecular weight excluding hydrogens is 423 g/mol. The highest BCUT2D eigenvalue weighted by Crippen LogP contribution is 2.34. The van der Waals surface area contributed by atoms with E-state index in [4.69, 9.17) is 32.4 Å². The van der Waals surface area contributed by atoms with Crippen molar-refractivity contribution in [1.29, 1.82) is 0 Å². The Hall–Kier alpha value is -2.76. The molecule has 1 N–H and O–H groups in total. The topological polar surface area (TPSA) is 63.8 Å². The number of hydrazone groups is 1. The van der Waals surface area contributed by atoms with E-state index in [-0.39, 0.29) is 17.9 Å². The monoisotopic (exact) mass is 444 g/mol. The van der Waals surface area contributed by atoms with Gasteiger partial charge < -0.3 is 9.15 Å². The normalized spacial score (nSPS) is 11.6. The fourth-order valence-electron chi connectivity index (χ4n) is 2.66. The number of ether oxygens (including phenoxy) is 1. The van der Waals surface area contributed by atoms with Crippen molar-refractivity contribution in [2.75, 3.05) is 6.61 Å². The number of amides is 1. The number of nitrogens with zero attached hydrogens (tertiary/aromatic N) is 1. The fourth-order valence-corrected chi connectivity index (χ4v) is 3.05. The smallest absolute Gasteiger partial charge is 0.277 e. The number of furan rings is 1. The van der Waals surface area contributed by atoms with Gasteiger partial charge in [-0.1, -0.05) is 62.2 Å². The molecule has 1 aromatic heterocycles. The molecule has 1 heterocycles. The van der Waals surface area contributed by atoms with Crippen LogP contribution in [-0.2, 0) is 10.2 Å². The summed E-state index contributed by atoms with van der Waals surface area (Å²) in [5, 5.41) is 4.75. The molecule has 1 amide bonds. The molecule has 0 aliphatic carbocycles. The predicted molar refractivity (Wildman–Crippen MR) is 121 cm³/mol. The van der Waals surface area contributed by atoms with Crippen LogP contribution in [0.3, 0.4) is 0 Å². The summed E-state index contributed by atoms with van der Waals surface area (Å²) < 4.78 is 11.2. The van der Waals surface area contributed by atoms with Crippen molar-refractivity contribution in [3.63, 3.8) is 0 Å². The molecule has 0 aliphatic heterocycles. The van der Waals surface area contributed by atoms with Gasteiger partial charge in [0.25, 0.3) is 5.91 Å². The standard InChI is InChI=1S/C23H22Cl2N2O3/c1-23(2,3)15-7-9-16(10-8-15)29-14-21(28)27-26-13-17-11-12-20(30-17)18-5-4-6-19(24)22(18)25/h4-13H,14H2,1-3H3,(H,27,28). The minimum atomic E-state index is -0.379. The molecule has 156 valence electrons.